The molecule has 0 aliphatic rings. The number of hydrogen-bond donors (Lipinski definition) is 2. The Morgan fingerprint density at radius 1 is 1.11 bits per heavy atom. The van der Waals surface area contributed by atoms with Gasteiger partial charge in [-0.1, -0.05) is 38.8 Å². The summed E-state index contributed by atoms with van der Waals surface area (Å²) >= 11 is 0. The summed E-state index contributed by atoms with van der Waals surface area (Å²) in [5, 5.41) is 6.75. The first kappa shape index (κ1) is 26.2. The molecule has 0 fully saturated rings. The summed E-state index contributed by atoms with van der Waals surface area (Å²) in [7, 11) is -3.14. The molecule has 0 amide bonds. The number of nitrogens with one attached hydrogen (secondary N) is 2. The summed E-state index contributed by atoms with van der Waals surface area (Å²) in [4.78, 5) is 5.00. The molecule has 1 unspecified atom stereocenters. The molecule has 0 aliphatic carbocycles. The predicted molar refractivity (Wildman–Crippen MR) is 126 cm³/mol. The minimum atomic E-state index is -3.14. The van der Waals surface area contributed by atoms with Crippen molar-refractivity contribution in [2.75, 3.05) is 19.3 Å². The molecule has 156 valence electrons. The second-order valence-electron chi connectivity index (χ2n) is 7.30. The highest BCUT2D eigenvalue weighted by Gasteiger charge is 2.07. The standard InChI is InChI=1S/C20H35N3O2S.HI/c1-6-21-20(23-17(4)9-7-8-16(2)3)22-15-14-18-10-12-19(13-11-18)26(5,24)25;/h10-13,16-17H,6-9,14-15H2,1-5H3,(H2,21,22,23);1H. The molecule has 0 aromatic heterocycles. The molecule has 1 rings (SSSR count). The van der Waals surface area contributed by atoms with Crippen molar-refractivity contribution in [3.8, 4) is 0 Å². The van der Waals surface area contributed by atoms with Crippen LogP contribution in [0.3, 0.4) is 0 Å². The van der Waals surface area contributed by atoms with Crippen LogP contribution in [0.15, 0.2) is 34.2 Å². The highest BCUT2D eigenvalue weighted by molar-refractivity contribution is 14.0. The van der Waals surface area contributed by atoms with Gasteiger partial charge in [-0.3, -0.25) is 4.99 Å². The zero-order valence-corrected chi connectivity index (χ0v) is 20.4. The normalized spacial score (nSPS) is 13.2. The maximum absolute atomic E-state index is 11.5. The van der Waals surface area contributed by atoms with Crippen molar-refractivity contribution in [2.24, 2.45) is 10.9 Å². The van der Waals surface area contributed by atoms with Gasteiger partial charge in [0.25, 0.3) is 0 Å². The van der Waals surface area contributed by atoms with Gasteiger partial charge in [0.15, 0.2) is 15.8 Å². The van der Waals surface area contributed by atoms with Gasteiger partial charge in [-0.05, 0) is 50.3 Å². The smallest absolute Gasteiger partial charge is 0.191 e. The Labute approximate surface area is 182 Å². The van der Waals surface area contributed by atoms with Gasteiger partial charge in [-0.25, -0.2) is 8.42 Å². The van der Waals surface area contributed by atoms with Gasteiger partial charge in [0.2, 0.25) is 0 Å². The van der Waals surface area contributed by atoms with Crippen LogP contribution in [-0.4, -0.2) is 39.8 Å². The molecule has 1 aromatic carbocycles. The van der Waals surface area contributed by atoms with Gasteiger partial charge in [0.05, 0.1) is 4.90 Å². The topological polar surface area (TPSA) is 70.6 Å². The first-order valence-corrected chi connectivity index (χ1v) is 11.4. The quantitative estimate of drug-likeness (QED) is 0.284. The maximum atomic E-state index is 11.5. The molecule has 0 saturated heterocycles. The SMILES string of the molecule is CCNC(=NCCc1ccc(S(C)(=O)=O)cc1)NC(C)CCCC(C)C.I. The van der Waals surface area contributed by atoms with Crippen molar-refractivity contribution in [2.45, 2.75) is 64.3 Å². The van der Waals surface area contributed by atoms with Crippen LogP contribution in [0, 0.1) is 5.92 Å². The van der Waals surface area contributed by atoms with E-state index in [0.29, 0.717) is 17.5 Å². The molecule has 0 spiro atoms. The first-order chi connectivity index (χ1) is 12.2. The number of halogens is 1. The highest BCUT2D eigenvalue weighted by atomic mass is 127. The molecule has 0 bridgehead atoms. The molecule has 0 heterocycles. The van der Waals surface area contributed by atoms with E-state index in [0.717, 1.165) is 36.8 Å². The molecule has 2 N–H and O–H groups in total. The van der Waals surface area contributed by atoms with E-state index in [-0.39, 0.29) is 24.0 Å². The number of hydrogen-bond acceptors (Lipinski definition) is 3. The zero-order chi connectivity index (χ0) is 19.6. The summed E-state index contributed by atoms with van der Waals surface area (Å²) in [6.07, 6.45) is 5.61. The summed E-state index contributed by atoms with van der Waals surface area (Å²) in [6.45, 7) is 10.2. The average Bonchev–Trinajstić information content (AvgIpc) is 2.54. The second-order valence-corrected chi connectivity index (χ2v) is 9.31. The van der Waals surface area contributed by atoms with Crippen LogP contribution in [0.25, 0.3) is 0 Å². The van der Waals surface area contributed by atoms with Gasteiger partial charge in [0, 0.05) is 25.4 Å². The molecule has 0 radical (unpaired) electrons. The van der Waals surface area contributed by atoms with Crippen LogP contribution in [0.2, 0.25) is 0 Å². The number of sulfone groups is 1. The van der Waals surface area contributed by atoms with Crippen LogP contribution >= 0.6 is 24.0 Å². The van der Waals surface area contributed by atoms with Gasteiger partial charge in [0.1, 0.15) is 0 Å². The minimum Gasteiger partial charge on any atom is -0.357 e. The lowest BCUT2D eigenvalue weighted by Gasteiger charge is -2.18. The van der Waals surface area contributed by atoms with Gasteiger partial charge >= 0.3 is 0 Å². The number of aliphatic imine (C=N–C) groups is 1. The fraction of sp³-hybridized carbons (Fsp3) is 0.650. The Kier molecular flexibility index (Phi) is 13.0. The Hall–Kier alpha value is -0.830. The first-order valence-electron chi connectivity index (χ1n) is 9.56. The number of nitrogens with zero attached hydrogens (tertiary/aromatic N) is 1. The lowest BCUT2D eigenvalue weighted by atomic mass is 10.0. The van der Waals surface area contributed by atoms with E-state index in [1.807, 2.05) is 12.1 Å². The number of rotatable bonds is 10. The highest BCUT2D eigenvalue weighted by Crippen LogP contribution is 2.11. The fourth-order valence-corrected chi connectivity index (χ4v) is 3.29. The summed E-state index contributed by atoms with van der Waals surface area (Å²) in [5.41, 5.74) is 1.09. The fourth-order valence-electron chi connectivity index (χ4n) is 2.66. The van der Waals surface area contributed by atoms with Crippen LogP contribution in [0.1, 0.15) is 52.5 Å². The van der Waals surface area contributed by atoms with Gasteiger partial charge in [-0.15, -0.1) is 24.0 Å². The largest absolute Gasteiger partial charge is 0.357 e. The van der Waals surface area contributed by atoms with E-state index in [1.54, 1.807) is 12.1 Å². The van der Waals surface area contributed by atoms with E-state index < -0.39 is 9.84 Å². The van der Waals surface area contributed by atoms with Gasteiger partial charge < -0.3 is 10.6 Å². The molecule has 1 atom stereocenters. The molecular weight excluding hydrogens is 473 g/mol. The molecule has 0 aliphatic heterocycles. The van der Waals surface area contributed by atoms with Crippen molar-refractivity contribution in [1.29, 1.82) is 0 Å². The van der Waals surface area contributed by atoms with Crippen LogP contribution in [0.5, 0.6) is 0 Å². The second kappa shape index (κ2) is 13.4. The Bertz CT molecular complexity index is 658. The predicted octanol–water partition coefficient (Wildman–Crippen LogP) is 4.02. The van der Waals surface area contributed by atoms with Crippen LogP contribution in [-0.2, 0) is 16.3 Å². The third-order valence-corrected chi connectivity index (χ3v) is 5.30. The maximum Gasteiger partial charge on any atom is 0.191 e. The number of benzene rings is 1. The lowest BCUT2D eigenvalue weighted by Crippen LogP contribution is -2.42. The van der Waals surface area contributed by atoms with Crippen molar-refractivity contribution in [3.05, 3.63) is 29.8 Å². The van der Waals surface area contributed by atoms with Crippen molar-refractivity contribution in [1.82, 2.24) is 10.6 Å². The summed E-state index contributed by atoms with van der Waals surface area (Å²) < 4.78 is 23.0. The molecule has 1 aromatic rings. The van der Waals surface area contributed by atoms with Crippen LogP contribution in [0.4, 0.5) is 0 Å². The number of guanidine groups is 1. The van der Waals surface area contributed by atoms with Crippen molar-refractivity contribution < 1.29 is 8.42 Å². The molecule has 27 heavy (non-hydrogen) atoms. The summed E-state index contributed by atoms with van der Waals surface area (Å²) in [6, 6.07) is 7.44. The van der Waals surface area contributed by atoms with E-state index in [4.69, 9.17) is 0 Å². The van der Waals surface area contributed by atoms with Crippen molar-refractivity contribution in [3.63, 3.8) is 0 Å². The summed E-state index contributed by atoms with van der Waals surface area (Å²) in [5.74, 6) is 1.59. The van der Waals surface area contributed by atoms with Crippen LogP contribution < -0.4 is 10.6 Å². The third kappa shape index (κ3) is 11.6. The molecule has 5 nitrogen and oxygen atoms in total. The zero-order valence-electron chi connectivity index (χ0n) is 17.3. The Morgan fingerprint density at radius 3 is 2.26 bits per heavy atom. The Morgan fingerprint density at radius 2 is 1.74 bits per heavy atom. The Balaban J connectivity index is 0.00000676. The van der Waals surface area contributed by atoms with Gasteiger partial charge in [-0.2, -0.15) is 0 Å². The van der Waals surface area contributed by atoms with E-state index in [1.165, 1.54) is 19.1 Å². The average molecular weight is 509 g/mol. The molecule has 7 heteroatoms. The lowest BCUT2D eigenvalue weighted by molar-refractivity contribution is 0.491. The molecular formula is C20H36IN3O2S. The van der Waals surface area contributed by atoms with Crippen molar-refractivity contribution >= 4 is 39.8 Å². The third-order valence-electron chi connectivity index (χ3n) is 4.17. The van der Waals surface area contributed by atoms with E-state index in [2.05, 4.69) is 43.3 Å². The van der Waals surface area contributed by atoms with E-state index in [9.17, 15) is 8.42 Å². The van der Waals surface area contributed by atoms with E-state index >= 15 is 0 Å². The molecule has 0 saturated carbocycles. The minimum absolute atomic E-state index is 0. The monoisotopic (exact) mass is 509 g/mol.